The number of anilines is 1. The van der Waals surface area contributed by atoms with E-state index in [0.717, 1.165) is 5.75 Å². The number of para-hydroxylation sites is 1. The Hall–Kier alpha value is -2.57. The van der Waals surface area contributed by atoms with E-state index in [2.05, 4.69) is 20.3 Å². The van der Waals surface area contributed by atoms with Crippen molar-refractivity contribution in [2.24, 2.45) is 0 Å². The largest absolute Gasteiger partial charge is 0.492 e. The summed E-state index contributed by atoms with van der Waals surface area (Å²) in [5.41, 5.74) is 0. The molecule has 2 rings (SSSR count). The highest BCUT2D eigenvalue weighted by Gasteiger charge is 2.06. The molecule has 0 saturated heterocycles. The normalized spacial score (nSPS) is 9.90. The lowest BCUT2D eigenvalue weighted by Gasteiger charge is -2.08. The molecule has 2 aromatic rings. The van der Waals surface area contributed by atoms with E-state index >= 15 is 0 Å². The van der Waals surface area contributed by atoms with Gasteiger partial charge in [0.2, 0.25) is 5.95 Å². The van der Waals surface area contributed by atoms with Gasteiger partial charge in [0.05, 0.1) is 20.8 Å². The van der Waals surface area contributed by atoms with E-state index in [4.69, 9.17) is 14.2 Å². The third-order valence-corrected chi connectivity index (χ3v) is 2.36. The van der Waals surface area contributed by atoms with Gasteiger partial charge < -0.3 is 19.5 Å². The van der Waals surface area contributed by atoms with Crippen molar-refractivity contribution in [3.05, 3.63) is 30.3 Å². The summed E-state index contributed by atoms with van der Waals surface area (Å²) in [6, 6.07) is 9.97. The van der Waals surface area contributed by atoms with Crippen molar-refractivity contribution in [1.82, 2.24) is 15.0 Å². The van der Waals surface area contributed by atoms with E-state index in [9.17, 15) is 0 Å². The van der Waals surface area contributed by atoms with Crippen molar-refractivity contribution < 1.29 is 14.2 Å². The number of benzene rings is 1. The SMILES string of the molecule is COc1nc(NCCOc2ccccc2)nc(OC)n1. The lowest BCUT2D eigenvalue weighted by atomic mass is 10.3. The van der Waals surface area contributed by atoms with E-state index in [1.807, 2.05) is 30.3 Å². The van der Waals surface area contributed by atoms with Crippen molar-refractivity contribution >= 4 is 5.95 Å². The highest BCUT2D eigenvalue weighted by atomic mass is 16.5. The Labute approximate surface area is 116 Å². The van der Waals surface area contributed by atoms with Gasteiger partial charge in [0.1, 0.15) is 12.4 Å². The zero-order valence-corrected chi connectivity index (χ0v) is 11.4. The van der Waals surface area contributed by atoms with Crippen LogP contribution >= 0.6 is 0 Å². The number of methoxy groups -OCH3 is 2. The molecule has 0 spiro atoms. The van der Waals surface area contributed by atoms with Crippen LogP contribution in [0.3, 0.4) is 0 Å². The average Bonchev–Trinajstić information content (AvgIpc) is 2.52. The van der Waals surface area contributed by atoms with E-state index in [-0.39, 0.29) is 12.0 Å². The highest BCUT2D eigenvalue weighted by molar-refractivity contribution is 5.27. The van der Waals surface area contributed by atoms with Crippen LogP contribution < -0.4 is 19.5 Å². The topological polar surface area (TPSA) is 78.4 Å². The summed E-state index contributed by atoms with van der Waals surface area (Å²) in [7, 11) is 2.97. The highest BCUT2D eigenvalue weighted by Crippen LogP contribution is 2.12. The third kappa shape index (κ3) is 3.98. The van der Waals surface area contributed by atoms with Crippen molar-refractivity contribution in [3.63, 3.8) is 0 Å². The van der Waals surface area contributed by atoms with Gasteiger partial charge in [-0.15, -0.1) is 4.98 Å². The van der Waals surface area contributed by atoms with Gasteiger partial charge in [-0.05, 0) is 12.1 Å². The minimum atomic E-state index is 0.198. The second-order valence-electron chi connectivity index (χ2n) is 3.72. The first-order chi connectivity index (χ1) is 9.81. The second kappa shape index (κ2) is 7.13. The molecule has 0 amide bonds. The summed E-state index contributed by atoms with van der Waals surface area (Å²) >= 11 is 0. The Morgan fingerprint density at radius 2 is 1.60 bits per heavy atom. The molecule has 1 heterocycles. The predicted octanol–water partition coefficient (Wildman–Crippen LogP) is 1.38. The van der Waals surface area contributed by atoms with Gasteiger partial charge in [-0.25, -0.2) is 0 Å². The molecule has 0 unspecified atom stereocenters. The average molecular weight is 276 g/mol. The van der Waals surface area contributed by atoms with Crippen molar-refractivity contribution in [2.75, 3.05) is 32.7 Å². The maximum atomic E-state index is 5.54. The van der Waals surface area contributed by atoms with E-state index in [0.29, 0.717) is 19.1 Å². The molecule has 0 fully saturated rings. The zero-order chi connectivity index (χ0) is 14.2. The molecule has 20 heavy (non-hydrogen) atoms. The smallest absolute Gasteiger partial charge is 0.324 e. The second-order valence-corrected chi connectivity index (χ2v) is 3.72. The van der Waals surface area contributed by atoms with Crippen LogP contribution in [0, 0.1) is 0 Å². The van der Waals surface area contributed by atoms with Gasteiger partial charge in [-0.1, -0.05) is 18.2 Å². The maximum absolute atomic E-state index is 5.54. The van der Waals surface area contributed by atoms with Gasteiger partial charge in [0.25, 0.3) is 0 Å². The van der Waals surface area contributed by atoms with Gasteiger partial charge >= 0.3 is 12.0 Å². The van der Waals surface area contributed by atoms with Gasteiger partial charge in [-0.3, -0.25) is 0 Å². The lowest BCUT2D eigenvalue weighted by molar-refractivity contribution is 0.330. The van der Waals surface area contributed by atoms with Crippen LogP contribution in [0.2, 0.25) is 0 Å². The first-order valence-corrected chi connectivity index (χ1v) is 6.07. The molecule has 0 aliphatic heterocycles. The van der Waals surface area contributed by atoms with E-state index in [1.54, 1.807) is 0 Å². The number of hydrogen-bond donors (Lipinski definition) is 1. The minimum Gasteiger partial charge on any atom is -0.492 e. The van der Waals surface area contributed by atoms with Crippen LogP contribution in [-0.2, 0) is 0 Å². The molecule has 0 atom stereocenters. The van der Waals surface area contributed by atoms with Crippen molar-refractivity contribution in [2.45, 2.75) is 0 Å². The lowest BCUT2D eigenvalue weighted by Crippen LogP contribution is -2.14. The summed E-state index contributed by atoms with van der Waals surface area (Å²) in [5.74, 6) is 1.20. The minimum absolute atomic E-state index is 0.198. The fourth-order valence-electron chi connectivity index (χ4n) is 1.45. The number of nitrogens with one attached hydrogen (secondary N) is 1. The molecular formula is C13H16N4O3. The molecule has 1 aromatic carbocycles. The summed E-state index contributed by atoms with van der Waals surface area (Å²) < 4.78 is 15.5. The maximum Gasteiger partial charge on any atom is 0.324 e. The number of hydrogen-bond acceptors (Lipinski definition) is 7. The Bertz CT molecular complexity index is 514. The fourth-order valence-corrected chi connectivity index (χ4v) is 1.45. The molecule has 7 nitrogen and oxygen atoms in total. The van der Waals surface area contributed by atoms with Crippen molar-refractivity contribution in [3.8, 4) is 17.8 Å². The standard InChI is InChI=1S/C13H16N4O3/c1-18-12-15-11(16-13(17-12)19-2)14-8-9-20-10-6-4-3-5-7-10/h3-7H,8-9H2,1-2H3,(H,14,15,16,17). The molecule has 0 radical (unpaired) electrons. The molecule has 7 heteroatoms. The first-order valence-electron chi connectivity index (χ1n) is 6.07. The predicted molar refractivity (Wildman–Crippen MR) is 73.4 cm³/mol. The van der Waals surface area contributed by atoms with Crippen molar-refractivity contribution in [1.29, 1.82) is 0 Å². The summed E-state index contributed by atoms with van der Waals surface area (Å²) in [6.45, 7) is 1.03. The van der Waals surface area contributed by atoms with Crippen LogP contribution in [0.25, 0.3) is 0 Å². The van der Waals surface area contributed by atoms with Crippen LogP contribution in [0.4, 0.5) is 5.95 Å². The molecule has 106 valence electrons. The van der Waals surface area contributed by atoms with Gasteiger partial charge in [0.15, 0.2) is 0 Å². The van der Waals surface area contributed by atoms with Gasteiger partial charge in [0, 0.05) is 0 Å². The molecule has 0 bridgehead atoms. The summed E-state index contributed by atoms with van der Waals surface area (Å²) in [4.78, 5) is 12.0. The third-order valence-electron chi connectivity index (χ3n) is 2.36. The Kier molecular flexibility index (Phi) is 4.94. The number of ether oxygens (including phenoxy) is 3. The fraction of sp³-hybridized carbons (Fsp3) is 0.308. The molecule has 0 aliphatic carbocycles. The molecule has 1 N–H and O–H groups in total. The number of rotatable bonds is 7. The van der Waals surface area contributed by atoms with Gasteiger partial charge in [-0.2, -0.15) is 9.97 Å². The Morgan fingerprint density at radius 3 is 2.20 bits per heavy atom. The van der Waals surface area contributed by atoms with E-state index in [1.165, 1.54) is 14.2 Å². The first kappa shape index (κ1) is 13.9. The Morgan fingerprint density at radius 1 is 0.950 bits per heavy atom. The number of nitrogens with zero attached hydrogens (tertiary/aromatic N) is 3. The summed E-state index contributed by atoms with van der Waals surface area (Å²) in [5, 5.41) is 3.02. The molecule has 0 saturated carbocycles. The van der Waals surface area contributed by atoms with Crippen LogP contribution in [0.1, 0.15) is 0 Å². The zero-order valence-electron chi connectivity index (χ0n) is 11.4. The van der Waals surface area contributed by atoms with Crippen LogP contribution in [-0.4, -0.2) is 42.3 Å². The summed E-state index contributed by atoms with van der Waals surface area (Å²) in [6.07, 6.45) is 0. The van der Waals surface area contributed by atoms with E-state index < -0.39 is 0 Å². The van der Waals surface area contributed by atoms with Crippen LogP contribution in [0.5, 0.6) is 17.8 Å². The monoisotopic (exact) mass is 276 g/mol. The molecule has 0 aliphatic rings. The number of aromatic nitrogens is 3. The molecule has 1 aromatic heterocycles. The van der Waals surface area contributed by atoms with Crippen LogP contribution in [0.15, 0.2) is 30.3 Å². The Balaban J connectivity index is 1.84. The molecular weight excluding hydrogens is 260 g/mol. The quantitative estimate of drug-likeness (QED) is 0.765.